The van der Waals surface area contributed by atoms with E-state index in [1.807, 2.05) is 0 Å². The number of carboxylic acid groups (broad SMARTS) is 1. The summed E-state index contributed by atoms with van der Waals surface area (Å²) in [7, 11) is 0. The van der Waals surface area contributed by atoms with Gasteiger partial charge in [-0.05, 0) is 12.1 Å². The largest absolute Gasteiger partial charge is 0.478 e. The van der Waals surface area contributed by atoms with Gasteiger partial charge < -0.3 is 5.11 Å². The van der Waals surface area contributed by atoms with Crippen molar-refractivity contribution in [1.29, 1.82) is 0 Å². The average Bonchev–Trinajstić information content (AvgIpc) is 2.60. The quantitative estimate of drug-likeness (QED) is 0.787. The first-order valence-electron chi connectivity index (χ1n) is 4.23. The Morgan fingerprint density at radius 1 is 1.41 bits per heavy atom. The Labute approximate surface area is 102 Å². The molecule has 2 aromatic rings. The van der Waals surface area contributed by atoms with Crippen LogP contribution in [-0.4, -0.2) is 16.1 Å². The number of aromatic carboxylic acids is 1. The van der Waals surface area contributed by atoms with Crippen molar-refractivity contribution in [3.8, 4) is 0 Å². The molecule has 0 amide bonds. The second kappa shape index (κ2) is 3.88. The first-order chi connectivity index (χ1) is 7.79. The molecule has 0 atom stereocenters. The maximum Gasteiger partial charge on any atom is 0.443 e. The molecule has 0 radical (unpaired) electrons. The molecule has 0 saturated heterocycles. The average molecular weight is 279 g/mol. The van der Waals surface area contributed by atoms with Crippen LogP contribution in [0.2, 0.25) is 0 Å². The molecule has 0 fully saturated rings. The number of hydrogen-bond donors (Lipinski definition) is 2. The maximum atomic E-state index is 12.4. The fraction of sp³-hybridized carbons (Fsp3) is 0.111. The highest BCUT2D eigenvalue weighted by Gasteiger charge is 2.35. The minimum absolute atomic E-state index is 0.0654. The number of carbonyl (C=O) groups is 1. The summed E-state index contributed by atoms with van der Waals surface area (Å²) in [4.78, 5) is 14.3. The summed E-state index contributed by atoms with van der Waals surface area (Å²) in [5.74, 6) is -1.22. The number of nitrogens with zero attached hydrogens (tertiary/aromatic N) is 1. The van der Waals surface area contributed by atoms with Crippen LogP contribution in [0, 0.1) is 0 Å². The SMILES string of the molecule is O=C(O)c1cc(S)c2nc(C(F)(F)F)sc2c1. The molecule has 1 aromatic carbocycles. The van der Waals surface area contributed by atoms with E-state index in [9.17, 15) is 18.0 Å². The van der Waals surface area contributed by atoms with E-state index in [1.165, 1.54) is 6.07 Å². The molecule has 8 heteroatoms. The highest BCUT2D eigenvalue weighted by atomic mass is 32.1. The van der Waals surface area contributed by atoms with E-state index in [0.717, 1.165) is 6.07 Å². The number of aromatic nitrogens is 1. The van der Waals surface area contributed by atoms with Crippen molar-refractivity contribution in [3.05, 3.63) is 22.7 Å². The lowest BCUT2D eigenvalue weighted by Crippen LogP contribution is -2.03. The number of benzene rings is 1. The van der Waals surface area contributed by atoms with Gasteiger partial charge >= 0.3 is 12.1 Å². The van der Waals surface area contributed by atoms with Gasteiger partial charge in [-0.1, -0.05) is 0 Å². The van der Waals surface area contributed by atoms with Gasteiger partial charge in [-0.15, -0.1) is 24.0 Å². The minimum atomic E-state index is -4.53. The Morgan fingerprint density at radius 3 is 2.59 bits per heavy atom. The van der Waals surface area contributed by atoms with Crippen molar-refractivity contribution in [2.75, 3.05) is 0 Å². The number of carboxylic acids is 1. The number of rotatable bonds is 1. The van der Waals surface area contributed by atoms with Crippen LogP contribution in [0.15, 0.2) is 17.0 Å². The van der Waals surface area contributed by atoms with E-state index in [2.05, 4.69) is 17.6 Å². The molecular weight excluding hydrogens is 275 g/mol. The number of hydrogen-bond acceptors (Lipinski definition) is 4. The Hall–Kier alpha value is -1.28. The Kier molecular flexibility index (Phi) is 2.78. The summed E-state index contributed by atoms with van der Waals surface area (Å²) in [6, 6.07) is 2.33. The molecule has 1 heterocycles. The van der Waals surface area contributed by atoms with Gasteiger partial charge in [-0.3, -0.25) is 0 Å². The van der Waals surface area contributed by atoms with Crippen molar-refractivity contribution >= 4 is 40.2 Å². The van der Waals surface area contributed by atoms with Gasteiger partial charge in [0.25, 0.3) is 0 Å². The van der Waals surface area contributed by atoms with Crippen LogP contribution in [0.5, 0.6) is 0 Å². The lowest BCUT2D eigenvalue weighted by atomic mass is 10.2. The maximum absolute atomic E-state index is 12.4. The van der Waals surface area contributed by atoms with Crippen LogP contribution in [0.4, 0.5) is 13.2 Å². The standard InChI is InChI=1S/C9H4F3NO2S2/c10-9(11,12)8-13-6-4(16)1-3(7(14)15)2-5(6)17-8/h1-2,16H,(H,14,15). The van der Waals surface area contributed by atoms with E-state index in [0.29, 0.717) is 11.3 Å². The number of alkyl halides is 3. The third-order valence-corrected chi connectivity index (χ3v) is 3.35. The molecule has 1 aromatic heterocycles. The molecule has 90 valence electrons. The van der Waals surface area contributed by atoms with E-state index in [-0.39, 0.29) is 20.7 Å². The third-order valence-electron chi connectivity index (χ3n) is 1.96. The van der Waals surface area contributed by atoms with Crippen LogP contribution < -0.4 is 0 Å². The van der Waals surface area contributed by atoms with Crippen LogP contribution in [-0.2, 0) is 6.18 Å². The Morgan fingerprint density at radius 2 is 2.06 bits per heavy atom. The lowest BCUT2D eigenvalue weighted by molar-refractivity contribution is -0.137. The van der Waals surface area contributed by atoms with Crippen molar-refractivity contribution in [1.82, 2.24) is 4.98 Å². The van der Waals surface area contributed by atoms with Crippen LogP contribution in [0.1, 0.15) is 15.4 Å². The van der Waals surface area contributed by atoms with E-state index >= 15 is 0 Å². The number of fused-ring (bicyclic) bond motifs is 1. The van der Waals surface area contributed by atoms with E-state index < -0.39 is 17.2 Å². The molecule has 0 unspecified atom stereocenters. The molecule has 0 spiro atoms. The summed E-state index contributed by atoms with van der Waals surface area (Å²) in [6.45, 7) is 0. The van der Waals surface area contributed by atoms with Gasteiger partial charge in [-0.25, -0.2) is 9.78 Å². The molecular formula is C9H4F3NO2S2. The summed E-state index contributed by atoms with van der Waals surface area (Å²) in [5.41, 5.74) is -0.0458. The fourth-order valence-electron chi connectivity index (χ4n) is 1.26. The second-order valence-corrected chi connectivity index (χ2v) is 4.68. The first-order valence-corrected chi connectivity index (χ1v) is 5.49. The minimum Gasteiger partial charge on any atom is -0.478 e. The number of thiazole rings is 1. The summed E-state index contributed by atoms with van der Waals surface area (Å²) in [6.07, 6.45) is -4.53. The predicted octanol–water partition coefficient (Wildman–Crippen LogP) is 3.30. The van der Waals surface area contributed by atoms with Crippen molar-refractivity contribution in [2.24, 2.45) is 0 Å². The molecule has 1 N–H and O–H groups in total. The molecule has 17 heavy (non-hydrogen) atoms. The fourth-order valence-corrected chi connectivity index (χ4v) is 2.54. The zero-order chi connectivity index (χ0) is 12.8. The van der Waals surface area contributed by atoms with E-state index in [1.54, 1.807) is 0 Å². The highest BCUT2D eigenvalue weighted by Crippen LogP contribution is 2.37. The third kappa shape index (κ3) is 2.22. The van der Waals surface area contributed by atoms with Crippen LogP contribution >= 0.6 is 24.0 Å². The predicted molar refractivity (Wildman–Crippen MR) is 58.8 cm³/mol. The highest BCUT2D eigenvalue weighted by molar-refractivity contribution is 7.80. The lowest BCUT2D eigenvalue weighted by Gasteiger charge is -1.98. The van der Waals surface area contributed by atoms with Crippen molar-refractivity contribution in [3.63, 3.8) is 0 Å². The number of halogens is 3. The molecule has 0 aliphatic heterocycles. The first kappa shape index (κ1) is 12.2. The normalized spacial score (nSPS) is 12.0. The van der Waals surface area contributed by atoms with Crippen molar-refractivity contribution in [2.45, 2.75) is 11.1 Å². The van der Waals surface area contributed by atoms with Gasteiger partial charge in [0.1, 0.15) is 0 Å². The van der Waals surface area contributed by atoms with Crippen LogP contribution in [0.25, 0.3) is 10.2 Å². The monoisotopic (exact) mass is 279 g/mol. The topological polar surface area (TPSA) is 50.2 Å². The Bertz CT molecular complexity index is 606. The molecule has 3 nitrogen and oxygen atoms in total. The summed E-state index contributed by atoms with van der Waals surface area (Å²) < 4.78 is 37.4. The second-order valence-electron chi connectivity index (χ2n) is 3.16. The molecule has 0 aliphatic rings. The van der Waals surface area contributed by atoms with Gasteiger partial charge in [0.05, 0.1) is 15.8 Å². The molecule has 0 bridgehead atoms. The van der Waals surface area contributed by atoms with Gasteiger partial charge in [-0.2, -0.15) is 13.2 Å². The molecule has 0 aliphatic carbocycles. The van der Waals surface area contributed by atoms with Gasteiger partial charge in [0.2, 0.25) is 0 Å². The summed E-state index contributed by atoms with van der Waals surface area (Å²) >= 11 is 4.34. The molecule has 2 rings (SSSR count). The smallest absolute Gasteiger partial charge is 0.443 e. The van der Waals surface area contributed by atoms with Crippen molar-refractivity contribution < 1.29 is 23.1 Å². The zero-order valence-corrected chi connectivity index (χ0v) is 9.66. The Balaban J connectivity index is 2.69. The van der Waals surface area contributed by atoms with Crippen LogP contribution in [0.3, 0.4) is 0 Å². The van der Waals surface area contributed by atoms with E-state index in [4.69, 9.17) is 5.11 Å². The number of thiol groups is 1. The summed E-state index contributed by atoms with van der Waals surface area (Å²) in [5, 5.41) is 7.75. The van der Waals surface area contributed by atoms with Gasteiger partial charge in [0, 0.05) is 4.90 Å². The molecule has 0 saturated carbocycles. The van der Waals surface area contributed by atoms with Gasteiger partial charge in [0.15, 0.2) is 5.01 Å². The zero-order valence-electron chi connectivity index (χ0n) is 7.95.